The molecule has 0 bridgehead atoms. The van der Waals surface area contributed by atoms with Crippen LogP contribution in [-0.2, 0) is 10.0 Å². The number of aromatic nitrogens is 3. The number of halogens is 2. The van der Waals surface area contributed by atoms with E-state index in [9.17, 15) is 12.8 Å². The molecule has 0 aliphatic carbocycles. The molecule has 2 aromatic carbocycles. The van der Waals surface area contributed by atoms with Crippen molar-refractivity contribution in [2.24, 2.45) is 5.92 Å². The molecule has 3 heterocycles. The fourth-order valence-corrected chi connectivity index (χ4v) is 6.68. The molecule has 4 aromatic rings. The number of rotatable bonds is 6. The first kappa shape index (κ1) is 24.7. The number of nitrogens with one attached hydrogen (secondary N) is 1. The van der Waals surface area contributed by atoms with Crippen LogP contribution in [0.3, 0.4) is 0 Å². The summed E-state index contributed by atoms with van der Waals surface area (Å²) in [6.07, 6.45) is 3.38. The minimum absolute atomic E-state index is 0.0309. The second-order valence-electron chi connectivity index (χ2n) is 9.23. The van der Waals surface area contributed by atoms with Gasteiger partial charge in [0.2, 0.25) is 10.0 Å². The molecule has 2 aromatic heterocycles. The summed E-state index contributed by atoms with van der Waals surface area (Å²) in [5.41, 5.74) is 3.76. The van der Waals surface area contributed by atoms with E-state index in [1.165, 1.54) is 16.4 Å². The van der Waals surface area contributed by atoms with Gasteiger partial charge in [0.05, 0.1) is 10.6 Å². The summed E-state index contributed by atoms with van der Waals surface area (Å²) in [7, 11) is -1.83. The molecule has 1 unspecified atom stereocenters. The molecule has 1 aliphatic heterocycles. The van der Waals surface area contributed by atoms with E-state index in [1.807, 2.05) is 38.2 Å². The third-order valence-corrected chi connectivity index (χ3v) is 8.96. The number of sulfonamides is 1. The number of nitrogens with zero attached hydrogens (tertiary/aromatic N) is 4. The van der Waals surface area contributed by atoms with Gasteiger partial charge in [-0.25, -0.2) is 17.8 Å². The van der Waals surface area contributed by atoms with Crippen LogP contribution >= 0.6 is 11.6 Å². The minimum Gasteiger partial charge on any atom is -0.370 e. The van der Waals surface area contributed by atoms with Gasteiger partial charge in [0.25, 0.3) is 0 Å². The van der Waals surface area contributed by atoms with Crippen molar-refractivity contribution in [1.29, 1.82) is 0 Å². The molecule has 36 heavy (non-hydrogen) atoms. The summed E-state index contributed by atoms with van der Waals surface area (Å²) < 4.78 is 43.6. The smallest absolute Gasteiger partial charge is 0.243 e. The molecule has 0 radical (unpaired) electrons. The Kier molecular flexibility index (Phi) is 6.76. The van der Waals surface area contributed by atoms with E-state index in [2.05, 4.69) is 10.4 Å². The van der Waals surface area contributed by atoms with Crippen molar-refractivity contribution in [1.82, 2.24) is 18.9 Å². The lowest BCUT2D eigenvalue weighted by Gasteiger charge is -2.32. The first-order valence-corrected chi connectivity index (χ1v) is 13.7. The monoisotopic (exact) mass is 525 g/mol. The normalized spacial score (nSPS) is 16.9. The molecular formula is C25H26BClFN5O2S. The maximum absolute atomic E-state index is 13.8. The Balaban J connectivity index is 1.39. The van der Waals surface area contributed by atoms with Crippen molar-refractivity contribution in [2.75, 3.05) is 25.0 Å². The minimum atomic E-state index is -3.79. The first-order valence-electron chi connectivity index (χ1n) is 11.8. The zero-order valence-corrected chi connectivity index (χ0v) is 21.7. The zero-order chi connectivity index (χ0) is 25.4. The van der Waals surface area contributed by atoms with Crippen LogP contribution in [0, 0.1) is 18.7 Å². The highest BCUT2D eigenvalue weighted by atomic mass is 35.5. The first-order chi connectivity index (χ1) is 17.2. The molecule has 1 fully saturated rings. The van der Waals surface area contributed by atoms with E-state index in [0.717, 1.165) is 47.1 Å². The predicted molar refractivity (Wildman–Crippen MR) is 143 cm³/mol. The molecule has 0 saturated carbocycles. The Morgan fingerprint density at radius 1 is 1.22 bits per heavy atom. The molecule has 11 heteroatoms. The Morgan fingerprint density at radius 3 is 2.83 bits per heavy atom. The van der Waals surface area contributed by atoms with Crippen LogP contribution in [0.25, 0.3) is 16.9 Å². The fraction of sp³-hybridized carbons (Fsp3) is 0.280. The lowest BCUT2D eigenvalue weighted by atomic mass is 9.99. The van der Waals surface area contributed by atoms with Crippen LogP contribution in [0.5, 0.6) is 0 Å². The average Bonchev–Trinajstić information content (AvgIpc) is 3.25. The van der Waals surface area contributed by atoms with Crippen LogP contribution in [0.1, 0.15) is 18.4 Å². The molecule has 0 spiro atoms. The van der Waals surface area contributed by atoms with Crippen molar-refractivity contribution >= 4 is 46.4 Å². The van der Waals surface area contributed by atoms with Crippen LogP contribution in [0.4, 0.5) is 10.2 Å². The summed E-state index contributed by atoms with van der Waals surface area (Å²) in [6.45, 7) is 3.01. The Hall–Kier alpha value is -2.95. The van der Waals surface area contributed by atoms with Crippen LogP contribution < -0.4 is 10.8 Å². The molecule has 5 rings (SSSR count). The van der Waals surface area contributed by atoms with Gasteiger partial charge in [0, 0.05) is 42.5 Å². The highest BCUT2D eigenvalue weighted by Gasteiger charge is 2.31. The summed E-state index contributed by atoms with van der Waals surface area (Å²) in [5, 5.41) is 8.55. The third kappa shape index (κ3) is 4.72. The SMILES string of the molecule is Bc1cnn2c(NCC3CCCN(S(=O)(=O)c4cc(F)ccc4C)C3)cc(-c3ccccc3Cl)nc12. The highest BCUT2D eigenvalue weighted by Crippen LogP contribution is 2.29. The number of hydrogen-bond acceptors (Lipinski definition) is 5. The molecule has 0 amide bonds. The number of aryl methyl sites for hydroxylation is 1. The Bertz CT molecular complexity index is 1540. The summed E-state index contributed by atoms with van der Waals surface area (Å²) in [6, 6.07) is 13.3. The van der Waals surface area contributed by atoms with Crippen molar-refractivity contribution in [3.63, 3.8) is 0 Å². The van der Waals surface area contributed by atoms with Gasteiger partial charge in [-0.05, 0) is 54.9 Å². The summed E-state index contributed by atoms with van der Waals surface area (Å²) >= 11 is 6.44. The van der Waals surface area contributed by atoms with Crippen molar-refractivity contribution in [2.45, 2.75) is 24.7 Å². The second kappa shape index (κ2) is 9.84. The quantitative estimate of drug-likeness (QED) is 0.391. The number of anilines is 1. The van der Waals surface area contributed by atoms with Gasteiger partial charge in [-0.3, -0.25) is 0 Å². The Morgan fingerprint density at radius 2 is 2.03 bits per heavy atom. The standard InChI is InChI=1S/C25H26BClFN5O2S/c1-16-8-9-18(28)11-23(16)36(34,35)32-10-4-5-17(15-32)13-29-24-12-22(19-6-2-3-7-21(19)27)31-25-20(26)14-30-33(24)25/h2-3,6-9,11-12,14,17,29H,4-5,10,13,15,26H2,1H3. The van der Waals surface area contributed by atoms with E-state index < -0.39 is 15.8 Å². The molecule has 186 valence electrons. The van der Waals surface area contributed by atoms with Crippen molar-refractivity contribution < 1.29 is 12.8 Å². The van der Waals surface area contributed by atoms with E-state index in [0.29, 0.717) is 30.2 Å². The van der Waals surface area contributed by atoms with E-state index in [4.69, 9.17) is 16.6 Å². The van der Waals surface area contributed by atoms with E-state index in [-0.39, 0.29) is 10.8 Å². The van der Waals surface area contributed by atoms with Crippen LogP contribution in [0.15, 0.2) is 59.6 Å². The second-order valence-corrected chi connectivity index (χ2v) is 11.5. The average molecular weight is 526 g/mol. The number of benzene rings is 2. The van der Waals surface area contributed by atoms with Crippen LogP contribution in [0.2, 0.25) is 5.02 Å². The maximum Gasteiger partial charge on any atom is 0.243 e. The van der Waals surface area contributed by atoms with Gasteiger partial charge in [-0.1, -0.05) is 35.9 Å². The Labute approximate surface area is 215 Å². The summed E-state index contributed by atoms with van der Waals surface area (Å²) in [5.74, 6) is 0.273. The van der Waals surface area contributed by atoms with Gasteiger partial charge >= 0.3 is 0 Å². The largest absolute Gasteiger partial charge is 0.370 e. The van der Waals surface area contributed by atoms with Gasteiger partial charge < -0.3 is 5.32 Å². The molecular weight excluding hydrogens is 500 g/mol. The number of hydrogen-bond donors (Lipinski definition) is 1. The summed E-state index contributed by atoms with van der Waals surface area (Å²) in [4.78, 5) is 4.80. The van der Waals surface area contributed by atoms with Crippen molar-refractivity contribution in [3.05, 3.63) is 71.1 Å². The molecule has 1 aliphatic rings. The zero-order valence-electron chi connectivity index (χ0n) is 20.1. The van der Waals surface area contributed by atoms with Crippen molar-refractivity contribution in [3.8, 4) is 11.3 Å². The van der Waals surface area contributed by atoms with E-state index in [1.54, 1.807) is 17.6 Å². The fourth-order valence-electron chi connectivity index (χ4n) is 4.66. The third-order valence-electron chi connectivity index (χ3n) is 6.62. The topological polar surface area (TPSA) is 79.6 Å². The van der Waals surface area contributed by atoms with Gasteiger partial charge in [-0.15, -0.1) is 0 Å². The predicted octanol–water partition coefficient (Wildman–Crippen LogP) is 3.27. The van der Waals surface area contributed by atoms with Gasteiger partial charge in [0.1, 0.15) is 19.5 Å². The number of piperidine rings is 1. The molecule has 7 nitrogen and oxygen atoms in total. The van der Waals surface area contributed by atoms with Gasteiger partial charge in [-0.2, -0.15) is 13.9 Å². The molecule has 1 N–H and O–H groups in total. The maximum atomic E-state index is 13.8. The van der Waals surface area contributed by atoms with Crippen LogP contribution in [-0.4, -0.2) is 54.8 Å². The van der Waals surface area contributed by atoms with Gasteiger partial charge in [0.15, 0.2) is 5.65 Å². The molecule has 1 atom stereocenters. The number of fused-ring (bicyclic) bond motifs is 1. The highest BCUT2D eigenvalue weighted by molar-refractivity contribution is 7.89. The van der Waals surface area contributed by atoms with E-state index >= 15 is 0 Å². The molecule has 1 saturated heterocycles. The lowest BCUT2D eigenvalue weighted by molar-refractivity contribution is 0.275. The lowest BCUT2D eigenvalue weighted by Crippen LogP contribution is -2.42.